The van der Waals surface area contributed by atoms with Crippen molar-refractivity contribution in [2.75, 3.05) is 7.05 Å². The normalized spacial score (nSPS) is 10.6. The Labute approximate surface area is 101 Å². The van der Waals surface area contributed by atoms with Gasteiger partial charge in [0.1, 0.15) is 0 Å². The largest absolute Gasteiger partial charge is 0.313 e. The molecule has 0 amide bonds. The third kappa shape index (κ3) is 2.15. The van der Waals surface area contributed by atoms with Crippen LogP contribution >= 0.6 is 0 Å². The van der Waals surface area contributed by atoms with Crippen LogP contribution in [0.25, 0.3) is 5.69 Å². The SMILES string of the molecule is CNCc1nnnn1-c1ccc(F)c([N+](=O)[O-])c1. The molecule has 0 atom stereocenters. The first-order valence-corrected chi connectivity index (χ1v) is 4.99. The fourth-order valence-corrected chi connectivity index (χ4v) is 1.45. The average Bonchev–Trinajstić information content (AvgIpc) is 2.78. The Bertz CT molecular complexity index is 584. The van der Waals surface area contributed by atoms with Crippen molar-refractivity contribution in [2.24, 2.45) is 0 Å². The van der Waals surface area contributed by atoms with Gasteiger partial charge in [-0.1, -0.05) is 0 Å². The van der Waals surface area contributed by atoms with Gasteiger partial charge in [-0.2, -0.15) is 9.07 Å². The van der Waals surface area contributed by atoms with Gasteiger partial charge in [0, 0.05) is 6.07 Å². The van der Waals surface area contributed by atoms with Crippen LogP contribution in [0, 0.1) is 15.9 Å². The molecule has 0 unspecified atom stereocenters. The number of tetrazole rings is 1. The highest BCUT2D eigenvalue weighted by atomic mass is 19.1. The Morgan fingerprint density at radius 3 is 3.00 bits per heavy atom. The van der Waals surface area contributed by atoms with Crippen LogP contribution in [-0.4, -0.2) is 32.2 Å². The van der Waals surface area contributed by atoms with Crippen LogP contribution in [0.4, 0.5) is 10.1 Å². The van der Waals surface area contributed by atoms with E-state index in [0.717, 1.165) is 12.1 Å². The molecule has 1 heterocycles. The Hall–Kier alpha value is -2.42. The second-order valence-electron chi connectivity index (χ2n) is 3.43. The second kappa shape index (κ2) is 4.84. The number of benzene rings is 1. The summed E-state index contributed by atoms with van der Waals surface area (Å²) in [5, 5.41) is 24.4. The minimum absolute atomic E-state index is 0.332. The summed E-state index contributed by atoms with van der Waals surface area (Å²) in [5.41, 5.74) is -0.281. The quantitative estimate of drug-likeness (QED) is 0.625. The Morgan fingerprint density at radius 2 is 2.33 bits per heavy atom. The molecule has 0 saturated heterocycles. The van der Waals surface area contributed by atoms with Crippen LogP contribution in [0.15, 0.2) is 18.2 Å². The lowest BCUT2D eigenvalue weighted by Crippen LogP contribution is -2.12. The molecule has 0 aliphatic heterocycles. The van der Waals surface area contributed by atoms with E-state index in [9.17, 15) is 14.5 Å². The van der Waals surface area contributed by atoms with Crippen LogP contribution in [0.2, 0.25) is 0 Å². The summed E-state index contributed by atoms with van der Waals surface area (Å²) in [5.74, 6) is -0.426. The molecule has 0 saturated carbocycles. The molecule has 0 bridgehead atoms. The molecule has 1 aromatic carbocycles. The Balaban J connectivity index is 2.47. The summed E-state index contributed by atoms with van der Waals surface area (Å²) in [6.07, 6.45) is 0. The van der Waals surface area contributed by atoms with Crippen LogP contribution < -0.4 is 5.32 Å². The first kappa shape index (κ1) is 12.0. The molecule has 0 spiro atoms. The van der Waals surface area contributed by atoms with Crippen LogP contribution in [0.3, 0.4) is 0 Å². The highest BCUT2D eigenvalue weighted by Gasteiger charge is 2.17. The van der Waals surface area contributed by atoms with E-state index in [-0.39, 0.29) is 0 Å². The van der Waals surface area contributed by atoms with Crippen molar-refractivity contribution < 1.29 is 9.31 Å². The number of nitrogens with one attached hydrogen (secondary N) is 1. The first-order chi connectivity index (χ1) is 8.63. The molecule has 94 valence electrons. The number of nitro benzene ring substituents is 1. The standard InChI is InChI=1S/C9H9FN6O2/c1-11-5-9-12-13-14-15(9)6-2-3-7(10)8(4-6)16(17)18/h2-4,11H,5H2,1H3. The zero-order valence-electron chi connectivity index (χ0n) is 9.37. The molecule has 0 fully saturated rings. The van der Waals surface area contributed by atoms with Crippen LogP contribution in [-0.2, 0) is 6.54 Å². The molecular formula is C9H9FN6O2. The fourth-order valence-electron chi connectivity index (χ4n) is 1.45. The lowest BCUT2D eigenvalue weighted by atomic mass is 10.2. The van der Waals surface area contributed by atoms with E-state index in [1.165, 1.54) is 10.7 Å². The number of nitrogens with zero attached hydrogens (tertiary/aromatic N) is 5. The molecule has 0 radical (unpaired) electrons. The maximum Gasteiger partial charge on any atom is 0.306 e. The van der Waals surface area contributed by atoms with Gasteiger partial charge in [-0.3, -0.25) is 10.1 Å². The number of hydrogen-bond acceptors (Lipinski definition) is 6. The lowest BCUT2D eigenvalue weighted by molar-refractivity contribution is -0.387. The number of hydrogen-bond donors (Lipinski definition) is 1. The molecular weight excluding hydrogens is 243 g/mol. The number of halogens is 1. The number of aromatic nitrogens is 4. The highest BCUT2D eigenvalue weighted by molar-refractivity contribution is 5.44. The fraction of sp³-hybridized carbons (Fsp3) is 0.222. The monoisotopic (exact) mass is 252 g/mol. The molecule has 8 nitrogen and oxygen atoms in total. The molecule has 1 aromatic heterocycles. The third-order valence-corrected chi connectivity index (χ3v) is 2.24. The summed E-state index contributed by atoms with van der Waals surface area (Å²) in [6, 6.07) is 3.47. The van der Waals surface area contributed by atoms with E-state index in [0.29, 0.717) is 18.1 Å². The van der Waals surface area contributed by atoms with Crippen molar-refractivity contribution in [3.8, 4) is 5.69 Å². The molecule has 2 rings (SSSR count). The minimum atomic E-state index is -0.896. The summed E-state index contributed by atoms with van der Waals surface area (Å²) in [6.45, 7) is 0.387. The average molecular weight is 252 g/mol. The van der Waals surface area contributed by atoms with Gasteiger partial charge in [0.25, 0.3) is 0 Å². The molecule has 2 aromatic rings. The van der Waals surface area contributed by atoms with Crippen molar-refractivity contribution in [3.05, 3.63) is 40.0 Å². The maximum absolute atomic E-state index is 13.2. The van der Waals surface area contributed by atoms with Crippen molar-refractivity contribution >= 4 is 5.69 Å². The predicted octanol–water partition coefficient (Wildman–Crippen LogP) is 0.429. The van der Waals surface area contributed by atoms with Gasteiger partial charge < -0.3 is 5.32 Å². The van der Waals surface area contributed by atoms with Crippen molar-refractivity contribution in [1.29, 1.82) is 0 Å². The van der Waals surface area contributed by atoms with Gasteiger partial charge in [-0.05, 0) is 29.6 Å². The predicted molar refractivity (Wildman–Crippen MR) is 58.5 cm³/mol. The second-order valence-corrected chi connectivity index (χ2v) is 3.43. The number of nitro groups is 1. The van der Waals surface area contributed by atoms with Crippen molar-refractivity contribution in [3.63, 3.8) is 0 Å². The topological polar surface area (TPSA) is 98.8 Å². The summed E-state index contributed by atoms with van der Waals surface area (Å²) in [7, 11) is 1.71. The van der Waals surface area contributed by atoms with E-state index in [1.807, 2.05) is 0 Å². The first-order valence-electron chi connectivity index (χ1n) is 4.99. The molecule has 0 aliphatic carbocycles. The van der Waals surface area contributed by atoms with Gasteiger partial charge in [0.05, 0.1) is 17.2 Å². The minimum Gasteiger partial charge on any atom is -0.313 e. The van der Waals surface area contributed by atoms with Gasteiger partial charge in [-0.25, -0.2) is 0 Å². The number of rotatable bonds is 4. The van der Waals surface area contributed by atoms with Crippen molar-refractivity contribution in [2.45, 2.75) is 6.54 Å². The third-order valence-electron chi connectivity index (χ3n) is 2.24. The van der Waals surface area contributed by atoms with E-state index in [2.05, 4.69) is 20.8 Å². The summed E-state index contributed by atoms with van der Waals surface area (Å²) >= 11 is 0. The lowest BCUT2D eigenvalue weighted by Gasteiger charge is -2.04. The van der Waals surface area contributed by atoms with Crippen molar-refractivity contribution in [1.82, 2.24) is 25.5 Å². The van der Waals surface area contributed by atoms with E-state index < -0.39 is 16.4 Å². The molecule has 0 aliphatic rings. The Kier molecular flexibility index (Phi) is 3.24. The maximum atomic E-state index is 13.2. The van der Waals surface area contributed by atoms with E-state index in [4.69, 9.17) is 0 Å². The van der Waals surface area contributed by atoms with Crippen LogP contribution in [0.5, 0.6) is 0 Å². The van der Waals surface area contributed by atoms with E-state index >= 15 is 0 Å². The summed E-state index contributed by atoms with van der Waals surface area (Å²) in [4.78, 5) is 9.86. The van der Waals surface area contributed by atoms with Gasteiger partial charge >= 0.3 is 5.69 Å². The highest BCUT2D eigenvalue weighted by Crippen LogP contribution is 2.20. The van der Waals surface area contributed by atoms with Gasteiger partial charge in [-0.15, -0.1) is 5.10 Å². The molecule has 9 heteroatoms. The smallest absolute Gasteiger partial charge is 0.306 e. The van der Waals surface area contributed by atoms with Gasteiger partial charge in [0.15, 0.2) is 5.82 Å². The molecule has 1 N–H and O–H groups in total. The summed E-state index contributed by atoms with van der Waals surface area (Å²) < 4.78 is 14.5. The van der Waals surface area contributed by atoms with Crippen LogP contribution in [0.1, 0.15) is 5.82 Å². The van der Waals surface area contributed by atoms with E-state index in [1.54, 1.807) is 7.05 Å². The molecule has 18 heavy (non-hydrogen) atoms. The Morgan fingerprint density at radius 1 is 1.56 bits per heavy atom. The van der Waals surface area contributed by atoms with Gasteiger partial charge in [0.2, 0.25) is 5.82 Å². The zero-order valence-corrected chi connectivity index (χ0v) is 9.37. The zero-order chi connectivity index (χ0) is 13.1.